The number of para-hydroxylation sites is 1. The van der Waals surface area contributed by atoms with Gasteiger partial charge >= 0.3 is 0 Å². The second kappa shape index (κ2) is 10.2. The molecule has 4 aromatic rings. The maximum Gasteiger partial charge on any atom is 0.275 e. The molecule has 5 rings (SSSR count). The van der Waals surface area contributed by atoms with Gasteiger partial charge in [0.2, 0.25) is 4.96 Å². The largest absolute Gasteiger partial charge is 0.482 e. The van der Waals surface area contributed by atoms with Gasteiger partial charge in [-0.3, -0.25) is 14.5 Å². The van der Waals surface area contributed by atoms with Crippen LogP contribution in [0.1, 0.15) is 11.3 Å². The fourth-order valence-corrected chi connectivity index (χ4v) is 5.12. The number of rotatable bonds is 6. The van der Waals surface area contributed by atoms with E-state index in [-0.39, 0.29) is 18.1 Å². The van der Waals surface area contributed by atoms with Crippen LogP contribution < -0.4 is 10.3 Å². The number of fused-ring (bicyclic) bond motifs is 1. The van der Waals surface area contributed by atoms with Crippen molar-refractivity contribution >= 4 is 33.8 Å². The lowest BCUT2D eigenvalue weighted by molar-refractivity contribution is -0.135. The van der Waals surface area contributed by atoms with Gasteiger partial charge in [-0.1, -0.05) is 58.8 Å². The molecule has 8 nitrogen and oxygen atoms in total. The van der Waals surface area contributed by atoms with Crippen molar-refractivity contribution in [2.24, 2.45) is 0 Å². The minimum Gasteiger partial charge on any atom is -0.482 e. The summed E-state index contributed by atoms with van der Waals surface area (Å²) in [5, 5.41) is 5.72. The zero-order valence-corrected chi connectivity index (χ0v) is 20.8. The molecule has 1 amide bonds. The lowest BCUT2D eigenvalue weighted by atomic mass is 10.1. The van der Waals surface area contributed by atoms with E-state index < -0.39 is 0 Å². The monoisotopic (exact) mass is 509 g/mol. The summed E-state index contributed by atoms with van der Waals surface area (Å²) in [5.74, 6) is 0.429. The average Bonchev–Trinajstić information content (AvgIpc) is 3.29. The minimum atomic E-state index is -0.189. The zero-order chi connectivity index (χ0) is 24.4. The first-order chi connectivity index (χ1) is 17.0. The molecule has 2 aromatic heterocycles. The maximum atomic E-state index is 12.7. The number of benzene rings is 2. The van der Waals surface area contributed by atoms with E-state index in [1.165, 1.54) is 15.9 Å². The lowest BCUT2D eigenvalue weighted by Crippen LogP contribution is -2.49. The van der Waals surface area contributed by atoms with Gasteiger partial charge in [0.25, 0.3) is 11.5 Å². The second-order valence-electron chi connectivity index (χ2n) is 8.43. The van der Waals surface area contributed by atoms with Crippen LogP contribution in [0, 0.1) is 6.92 Å². The summed E-state index contributed by atoms with van der Waals surface area (Å²) >= 11 is 7.49. The van der Waals surface area contributed by atoms with Crippen molar-refractivity contribution < 1.29 is 9.53 Å². The van der Waals surface area contributed by atoms with Crippen LogP contribution in [-0.2, 0) is 11.3 Å². The molecule has 3 heterocycles. The number of aromatic nitrogens is 3. The van der Waals surface area contributed by atoms with E-state index in [9.17, 15) is 9.59 Å². The number of aryl methyl sites for hydroxylation is 1. The molecule has 1 aliphatic rings. The molecule has 0 atom stereocenters. The van der Waals surface area contributed by atoms with Gasteiger partial charge < -0.3 is 9.64 Å². The predicted octanol–water partition coefficient (Wildman–Crippen LogP) is 3.50. The molecule has 1 fully saturated rings. The highest BCUT2D eigenvalue weighted by atomic mass is 35.5. The first-order valence-electron chi connectivity index (χ1n) is 11.3. The molecule has 0 saturated carbocycles. The highest BCUT2D eigenvalue weighted by Gasteiger charge is 2.22. The number of piperazine rings is 1. The quantitative estimate of drug-likeness (QED) is 0.396. The first kappa shape index (κ1) is 23.5. The molecule has 2 aromatic carbocycles. The number of amides is 1. The van der Waals surface area contributed by atoms with Gasteiger partial charge in [-0.05, 0) is 25.1 Å². The van der Waals surface area contributed by atoms with Crippen LogP contribution >= 0.6 is 22.9 Å². The van der Waals surface area contributed by atoms with Crippen LogP contribution in [0.3, 0.4) is 0 Å². The summed E-state index contributed by atoms with van der Waals surface area (Å²) in [6.07, 6.45) is 0. The summed E-state index contributed by atoms with van der Waals surface area (Å²) in [6, 6.07) is 16.7. The van der Waals surface area contributed by atoms with Gasteiger partial charge in [0, 0.05) is 44.4 Å². The summed E-state index contributed by atoms with van der Waals surface area (Å²) in [7, 11) is 0. The Kier molecular flexibility index (Phi) is 6.81. The van der Waals surface area contributed by atoms with Crippen LogP contribution in [0.4, 0.5) is 0 Å². The van der Waals surface area contributed by atoms with E-state index in [2.05, 4.69) is 15.0 Å². The molecule has 0 spiro atoms. The average molecular weight is 510 g/mol. The van der Waals surface area contributed by atoms with E-state index in [1.807, 2.05) is 43.3 Å². The fraction of sp³-hybridized carbons (Fsp3) is 0.280. The van der Waals surface area contributed by atoms with E-state index in [0.29, 0.717) is 54.2 Å². The van der Waals surface area contributed by atoms with Crippen LogP contribution in [0.2, 0.25) is 5.02 Å². The highest BCUT2D eigenvalue weighted by molar-refractivity contribution is 7.19. The molecule has 0 bridgehead atoms. The number of halogens is 1. The van der Waals surface area contributed by atoms with E-state index in [4.69, 9.17) is 16.3 Å². The Labute approximate surface area is 211 Å². The van der Waals surface area contributed by atoms with Crippen molar-refractivity contribution in [2.75, 3.05) is 32.8 Å². The van der Waals surface area contributed by atoms with Gasteiger partial charge in [0.15, 0.2) is 6.61 Å². The van der Waals surface area contributed by atoms with Crippen molar-refractivity contribution in [3.05, 3.63) is 81.2 Å². The van der Waals surface area contributed by atoms with Crippen molar-refractivity contribution in [3.8, 4) is 16.3 Å². The second-order valence-corrected chi connectivity index (χ2v) is 9.80. The van der Waals surface area contributed by atoms with Crippen molar-refractivity contribution in [2.45, 2.75) is 13.5 Å². The molecule has 0 aliphatic carbocycles. The van der Waals surface area contributed by atoms with Crippen LogP contribution in [0.15, 0.2) is 59.4 Å². The Bertz CT molecular complexity index is 1430. The number of ether oxygens (including phenoxy) is 1. The molecule has 1 aliphatic heterocycles. The van der Waals surface area contributed by atoms with Gasteiger partial charge in [-0.25, -0.2) is 4.98 Å². The SMILES string of the molecule is Cc1cccc(-c2nn3c(=O)cc(CN4CCN(C(=O)COc5ccccc5Cl)CC4)nc3s2)c1. The lowest BCUT2D eigenvalue weighted by Gasteiger charge is -2.34. The molecule has 0 N–H and O–H groups in total. The molecular weight excluding hydrogens is 486 g/mol. The van der Waals surface area contributed by atoms with Crippen LogP contribution in [0.5, 0.6) is 5.75 Å². The van der Waals surface area contributed by atoms with Gasteiger partial charge in [-0.15, -0.1) is 0 Å². The summed E-state index contributed by atoms with van der Waals surface area (Å²) in [5.41, 5.74) is 2.62. The predicted molar refractivity (Wildman–Crippen MR) is 136 cm³/mol. The number of carbonyl (C=O) groups excluding carboxylic acids is 1. The zero-order valence-electron chi connectivity index (χ0n) is 19.2. The van der Waals surface area contributed by atoms with Crippen LogP contribution in [0.25, 0.3) is 15.5 Å². The van der Waals surface area contributed by atoms with Crippen LogP contribution in [-0.4, -0.2) is 63.1 Å². The topological polar surface area (TPSA) is 80.0 Å². The number of nitrogens with zero attached hydrogens (tertiary/aromatic N) is 5. The smallest absolute Gasteiger partial charge is 0.275 e. The standard InChI is InChI=1S/C25H24ClN5O3S/c1-17-5-4-6-18(13-17)24-28-31-22(32)14-19(27-25(31)35-24)15-29-9-11-30(12-10-29)23(33)16-34-21-8-3-2-7-20(21)26/h2-8,13-14H,9-12,15-16H2,1H3. The fourth-order valence-electron chi connectivity index (χ4n) is 4.01. The van der Waals surface area contributed by atoms with Gasteiger partial charge in [0.1, 0.15) is 10.8 Å². The Balaban J connectivity index is 1.20. The summed E-state index contributed by atoms with van der Waals surface area (Å²) < 4.78 is 6.94. The van der Waals surface area contributed by atoms with E-state index in [0.717, 1.165) is 16.1 Å². The molecule has 10 heteroatoms. The summed E-state index contributed by atoms with van der Waals surface area (Å²) in [6.45, 7) is 5.08. The summed E-state index contributed by atoms with van der Waals surface area (Å²) in [4.78, 5) is 34.5. The third-order valence-corrected chi connectivity index (χ3v) is 7.13. The molecule has 0 radical (unpaired) electrons. The van der Waals surface area contributed by atoms with Gasteiger partial charge in [0.05, 0.1) is 10.7 Å². The van der Waals surface area contributed by atoms with Gasteiger partial charge in [-0.2, -0.15) is 9.61 Å². The maximum absolute atomic E-state index is 12.7. The number of carbonyl (C=O) groups is 1. The Morgan fingerprint density at radius 2 is 1.89 bits per heavy atom. The third-order valence-electron chi connectivity index (χ3n) is 5.86. The Morgan fingerprint density at radius 1 is 1.09 bits per heavy atom. The minimum absolute atomic E-state index is 0.0482. The molecular formula is C25H24ClN5O3S. The van der Waals surface area contributed by atoms with Crippen molar-refractivity contribution in [3.63, 3.8) is 0 Å². The Morgan fingerprint density at radius 3 is 2.66 bits per heavy atom. The molecule has 1 saturated heterocycles. The highest BCUT2D eigenvalue weighted by Crippen LogP contribution is 2.25. The Hall–Kier alpha value is -3.27. The van der Waals surface area contributed by atoms with E-state index in [1.54, 1.807) is 23.1 Å². The number of hydrogen-bond acceptors (Lipinski definition) is 7. The normalized spacial score (nSPS) is 14.4. The third kappa shape index (κ3) is 5.37. The molecule has 180 valence electrons. The number of hydrogen-bond donors (Lipinski definition) is 0. The molecule has 35 heavy (non-hydrogen) atoms. The molecule has 0 unspecified atom stereocenters. The van der Waals surface area contributed by atoms with Crippen molar-refractivity contribution in [1.82, 2.24) is 24.4 Å². The first-order valence-corrected chi connectivity index (χ1v) is 12.5. The van der Waals surface area contributed by atoms with Crippen molar-refractivity contribution in [1.29, 1.82) is 0 Å². The van der Waals surface area contributed by atoms with E-state index >= 15 is 0 Å².